The third-order valence-electron chi connectivity index (χ3n) is 4.01. The monoisotopic (exact) mass is 299 g/mol. The Kier molecular flexibility index (Phi) is 3.41. The van der Waals surface area contributed by atoms with Gasteiger partial charge in [0.25, 0.3) is 0 Å². The van der Waals surface area contributed by atoms with Crippen molar-refractivity contribution in [1.29, 1.82) is 0 Å². The highest BCUT2D eigenvalue weighted by molar-refractivity contribution is 5.39. The summed E-state index contributed by atoms with van der Waals surface area (Å²) in [7, 11) is 0. The molecule has 1 aliphatic rings. The smallest absolute Gasteiger partial charge is 0.380 e. The van der Waals surface area contributed by atoms with E-state index in [0.717, 1.165) is 11.3 Å². The molecule has 1 N–H and O–H groups in total. The molecule has 4 nitrogen and oxygen atoms in total. The molecule has 0 radical (unpaired) electrons. The minimum absolute atomic E-state index is 0.212. The van der Waals surface area contributed by atoms with Crippen molar-refractivity contribution >= 4 is 5.65 Å². The van der Waals surface area contributed by atoms with Crippen molar-refractivity contribution in [2.24, 2.45) is 0 Å². The summed E-state index contributed by atoms with van der Waals surface area (Å²) in [4.78, 5) is 6.32. The van der Waals surface area contributed by atoms with Crippen molar-refractivity contribution < 1.29 is 18.3 Å². The summed E-state index contributed by atoms with van der Waals surface area (Å²) in [6.07, 6.45) is -1.37. The fourth-order valence-corrected chi connectivity index (χ4v) is 2.66. The van der Waals surface area contributed by atoms with Gasteiger partial charge in [-0.15, -0.1) is 0 Å². The average molecular weight is 299 g/mol. The summed E-state index contributed by atoms with van der Waals surface area (Å²) < 4.78 is 40.1. The number of pyridine rings is 1. The van der Waals surface area contributed by atoms with E-state index in [-0.39, 0.29) is 25.9 Å². The van der Waals surface area contributed by atoms with Crippen molar-refractivity contribution in [2.75, 3.05) is 13.1 Å². The summed E-state index contributed by atoms with van der Waals surface area (Å²) in [5, 5.41) is 9.63. The second-order valence-electron chi connectivity index (χ2n) is 5.50. The molecule has 21 heavy (non-hydrogen) atoms. The van der Waals surface area contributed by atoms with Gasteiger partial charge in [0, 0.05) is 32.0 Å². The quantitative estimate of drug-likeness (QED) is 0.924. The Bertz CT molecular complexity index is 597. The van der Waals surface area contributed by atoms with E-state index in [1.165, 1.54) is 0 Å². The van der Waals surface area contributed by atoms with E-state index in [4.69, 9.17) is 0 Å². The van der Waals surface area contributed by atoms with Crippen molar-refractivity contribution in [3.05, 3.63) is 36.3 Å². The van der Waals surface area contributed by atoms with Crippen LogP contribution in [0.3, 0.4) is 0 Å². The fraction of sp³-hybridized carbons (Fsp3) is 0.500. The Balaban J connectivity index is 1.65. The summed E-state index contributed by atoms with van der Waals surface area (Å²) in [6.45, 7) is 0.920. The highest BCUT2D eigenvalue weighted by Crippen LogP contribution is 2.38. The Labute approximate surface area is 119 Å². The van der Waals surface area contributed by atoms with Crippen molar-refractivity contribution in [1.82, 2.24) is 14.3 Å². The molecule has 3 heterocycles. The molecule has 0 saturated carbocycles. The number of halogens is 3. The first-order valence-electron chi connectivity index (χ1n) is 6.81. The summed E-state index contributed by atoms with van der Waals surface area (Å²) in [5.74, 6) is 0. The lowest BCUT2D eigenvalue weighted by Crippen LogP contribution is -2.53. The zero-order chi connectivity index (χ0) is 15.1. The van der Waals surface area contributed by atoms with Gasteiger partial charge in [0.1, 0.15) is 5.65 Å². The maximum absolute atomic E-state index is 12.7. The molecule has 7 heteroatoms. The highest BCUT2D eigenvalue weighted by atomic mass is 19.4. The number of imidazole rings is 1. The van der Waals surface area contributed by atoms with Crippen LogP contribution in [0.25, 0.3) is 5.65 Å². The maximum atomic E-state index is 12.7. The van der Waals surface area contributed by atoms with Gasteiger partial charge in [-0.25, -0.2) is 4.98 Å². The summed E-state index contributed by atoms with van der Waals surface area (Å²) in [6, 6.07) is 5.65. The van der Waals surface area contributed by atoms with E-state index in [2.05, 4.69) is 4.98 Å². The first-order valence-corrected chi connectivity index (χ1v) is 6.81. The molecule has 0 unspecified atom stereocenters. The molecule has 1 aliphatic heterocycles. The van der Waals surface area contributed by atoms with Crippen LogP contribution in [-0.4, -0.2) is 44.3 Å². The average Bonchev–Trinajstić information content (AvgIpc) is 2.82. The van der Waals surface area contributed by atoms with E-state index in [0.29, 0.717) is 6.54 Å². The number of likely N-dealkylation sites (tertiary alicyclic amines) is 1. The predicted octanol–water partition coefficient (Wildman–Crippen LogP) is 2.22. The van der Waals surface area contributed by atoms with Crippen molar-refractivity contribution in [3.63, 3.8) is 0 Å². The number of aliphatic hydroxyl groups is 1. The van der Waals surface area contributed by atoms with Gasteiger partial charge < -0.3 is 9.51 Å². The third-order valence-corrected chi connectivity index (χ3v) is 4.01. The number of alkyl halides is 3. The molecule has 0 bridgehead atoms. The number of hydrogen-bond donors (Lipinski definition) is 1. The molecule has 0 aromatic carbocycles. The zero-order valence-corrected chi connectivity index (χ0v) is 11.3. The lowest BCUT2D eigenvalue weighted by Gasteiger charge is -2.38. The molecule has 114 valence electrons. The maximum Gasteiger partial charge on any atom is 0.417 e. The number of hydrogen-bond acceptors (Lipinski definition) is 3. The Morgan fingerprint density at radius 3 is 2.57 bits per heavy atom. The van der Waals surface area contributed by atoms with Gasteiger partial charge in [-0.3, -0.25) is 4.90 Å². The van der Waals surface area contributed by atoms with Crippen LogP contribution in [0, 0.1) is 0 Å². The number of piperidine rings is 1. The fourth-order valence-electron chi connectivity index (χ4n) is 2.66. The standard InChI is InChI=1S/C14H16F3N3O/c15-14(16,17)13(21)4-7-19(8-5-13)9-11-10-20-6-2-1-3-12(20)18-11/h1-3,6,10,21H,4-5,7-9H2. The van der Waals surface area contributed by atoms with Crippen LogP contribution >= 0.6 is 0 Å². The lowest BCUT2D eigenvalue weighted by molar-refractivity contribution is -0.272. The number of nitrogens with zero attached hydrogens (tertiary/aromatic N) is 3. The van der Waals surface area contributed by atoms with Gasteiger partial charge in [-0.05, 0) is 25.0 Å². The topological polar surface area (TPSA) is 40.8 Å². The first kappa shape index (κ1) is 14.3. The van der Waals surface area contributed by atoms with Crippen LogP contribution in [0.4, 0.5) is 13.2 Å². The number of rotatable bonds is 2. The molecule has 2 aromatic rings. The van der Waals surface area contributed by atoms with Gasteiger partial charge in [-0.2, -0.15) is 13.2 Å². The van der Waals surface area contributed by atoms with Gasteiger partial charge in [0.15, 0.2) is 5.60 Å². The molecule has 0 aliphatic carbocycles. The second-order valence-corrected chi connectivity index (χ2v) is 5.50. The van der Waals surface area contributed by atoms with Crippen LogP contribution in [0.15, 0.2) is 30.6 Å². The normalized spacial score (nSPS) is 20.0. The van der Waals surface area contributed by atoms with Crippen LogP contribution < -0.4 is 0 Å². The highest BCUT2D eigenvalue weighted by Gasteiger charge is 2.54. The van der Waals surface area contributed by atoms with E-state index >= 15 is 0 Å². The van der Waals surface area contributed by atoms with E-state index in [1.54, 1.807) is 0 Å². The second kappa shape index (κ2) is 4.99. The number of fused-ring (bicyclic) bond motifs is 1. The molecule has 1 saturated heterocycles. The largest absolute Gasteiger partial charge is 0.417 e. The molecule has 1 fully saturated rings. The van der Waals surface area contributed by atoms with Gasteiger partial charge in [-0.1, -0.05) is 6.07 Å². The Hall–Kier alpha value is -1.60. The molecular weight excluding hydrogens is 283 g/mol. The predicted molar refractivity (Wildman–Crippen MR) is 70.7 cm³/mol. The lowest BCUT2D eigenvalue weighted by atomic mass is 9.91. The van der Waals surface area contributed by atoms with Gasteiger partial charge in [0.05, 0.1) is 5.69 Å². The molecule has 0 atom stereocenters. The molecule has 0 amide bonds. The van der Waals surface area contributed by atoms with Gasteiger partial charge >= 0.3 is 6.18 Å². The van der Waals surface area contributed by atoms with E-state index in [9.17, 15) is 18.3 Å². The Morgan fingerprint density at radius 2 is 1.95 bits per heavy atom. The minimum atomic E-state index is -4.55. The molecule has 2 aromatic heterocycles. The number of aromatic nitrogens is 2. The third kappa shape index (κ3) is 2.75. The first-order chi connectivity index (χ1) is 9.87. The van der Waals surface area contributed by atoms with Crippen LogP contribution in [0.2, 0.25) is 0 Å². The van der Waals surface area contributed by atoms with E-state index < -0.39 is 11.8 Å². The van der Waals surface area contributed by atoms with E-state index in [1.807, 2.05) is 39.9 Å². The SMILES string of the molecule is OC1(C(F)(F)F)CCN(Cc2cn3ccccc3n2)CC1. The van der Waals surface area contributed by atoms with Crippen LogP contribution in [0.1, 0.15) is 18.5 Å². The minimum Gasteiger partial charge on any atom is -0.380 e. The van der Waals surface area contributed by atoms with Gasteiger partial charge in [0.2, 0.25) is 0 Å². The summed E-state index contributed by atoms with van der Waals surface area (Å²) >= 11 is 0. The zero-order valence-electron chi connectivity index (χ0n) is 11.3. The Morgan fingerprint density at radius 1 is 1.24 bits per heavy atom. The van der Waals surface area contributed by atoms with Crippen molar-refractivity contribution in [2.45, 2.75) is 31.2 Å². The summed E-state index contributed by atoms with van der Waals surface area (Å²) in [5.41, 5.74) is -0.905. The molecular formula is C14H16F3N3O. The molecule has 0 spiro atoms. The van der Waals surface area contributed by atoms with Crippen LogP contribution in [0.5, 0.6) is 0 Å². The molecule has 3 rings (SSSR count). The van der Waals surface area contributed by atoms with Crippen molar-refractivity contribution in [3.8, 4) is 0 Å². The van der Waals surface area contributed by atoms with Crippen LogP contribution in [-0.2, 0) is 6.54 Å².